The van der Waals surface area contributed by atoms with E-state index in [0.717, 1.165) is 13.1 Å². The van der Waals surface area contributed by atoms with Crippen LogP contribution in [0.3, 0.4) is 0 Å². The van der Waals surface area contributed by atoms with Crippen LogP contribution in [0.5, 0.6) is 0 Å². The molecular formula is C15H28N2. The number of nitrogens with zero attached hydrogens (tertiary/aromatic N) is 1. The minimum Gasteiger partial charge on any atom is -0.308 e. The van der Waals surface area contributed by atoms with Crippen LogP contribution >= 0.6 is 0 Å². The van der Waals surface area contributed by atoms with E-state index < -0.39 is 0 Å². The highest BCUT2D eigenvalue weighted by Gasteiger charge is 2.46. The molecule has 2 rings (SSSR count). The fraction of sp³-hybridized carbons (Fsp3) is 0.867. The summed E-state index contributed by atoms with van der Waals surface area (Å²) in [6.07, 6.45) is 10.1. The fourth-order valence-corrected chi connectivity index (χ4v) is 3.80. The van der Waals surface area contributed by atoms with E-state index in [-0.39, 0.29) is 0 Å². The molecule has 2 aliphatic rings. The van der Waals surface area contributed by atoms with Gasteiger partial charge in [0.1, 0.15) is 0 Å². The molecular weight excluding hydrogens is 208 g/mol. The summed E-state index contributed by atoms with van der Waals surface area (Å²) in [5.74, 6) is 0. The van der Waals surface area contributed by atoms with Gasteiger partial charge in [-0.2, -0.15) is 0 Å². The van der Waals surface area contributed by atoms with Crippen LogP contribution in [0.25, 0.3) is 0 Å². The molecule has 0 atom stereocenters. The van der Waals surface area contributed by atoms with Crippen LogP contribution in [0, 0.1) is 0 Å². The van der Waals surface area contributed by atoms with Gasteiger partial charge >= 0.3 is 0 Å². The molecule has 0 amide bonds. The Labute approximate surface area is 106 Å². The summed E-state index contributed by atoms with van der Waals surface area (Å²) in [5, 5.41) is 3.90. The van der Waals surface area contributed by atoms with E-state index in [4.69, 9.17) is 0 Å². The second kappa shape index (κ2) is 5.11. The van der Waals surface area contributed by atoms with Crippen LogP contribution in [0.1, 0.15) is 52.4 Å². The minimum absolute atomic E-state index is 0.363. The third-order valence-electron chi connectivity index (χ3n) is 5.18. The van der Waals surface area contributed by atoms with Gasteiger partial charge in [-0.3, -0.25) is 4.90 Å². The van der Waals surface area contributed by atoms with Gasteiger partial charge < -0.3 is 5.32 Å². The Morgan fingerprint density at radius 2 is 1.88 bits per heavy atom. The zero-order valence-corrected chi connectivity index (χ0v) is 11.6. The van der Waals surface area contributed by atoms with Crippen molar-refractivity contribution in [3.05, 3.63) is 12.7 Å². The lowest BCUT2D eigenvalue weighted by Crippen LogP contribution is -2.69. The predicted octanol–water partition coefficient (Wildman–Crippen LogP) is 2.95. The van der Waals surface area contributed by atoms with Gasteiger partial charge in [0, 0.05) is 30.7 Å². The zero-order chi connectivity index (χ0) is 12.4. The van der Waals surface area contributed by atoms with E-state index in [9.17, 15) is 0 Å². The van der Waals surface area contributed by atoms with Crippen molar-refractivity contribution in [2.24, 2.45) is 0 Å². The van der Waals surface area contributed by atoms with E-state index in [1.165, 1.54) is 45.1 Å². The highest BCUT2D eigenvalue weighted by Crippen LogP contribution is 2.37. The van der Waals surface area contributed by atoms with E-state index in [1.807, 2.05) is 0 Å². The quantitative estimate of drug-likeness (QED) is 0.755. The van der Waals surface area contributed by atoms with Crippen LogP contribution < -0.4 is 5.32 Å². The summed E-state index contributed by atoms with van der Waals surface area (Å²) in [6.45, 7) is 12.0. The summed E-state index contributed by atoms with van der Waals surface area (Å²) in [6, 6.07) is 0. The Hall–Kier alpha value is -0.340. The van der Waals surface area contributed by atoms with Gasteiger partial charge in [0.15, 0.2) is 0 Å². The molecule has 0 aromatic carbocycles. The maximum atomic E-state index is 3.94. The van der Waals surface area contributed by atoms with Gasteiger partial charge in [0.25, 0.3) is 0 Å². The second-order valence-electron chi connectivity index (χ2n) is 5.94. The molecule has 1 spiro atoms. The maximum Gasteiger partial charge on any atom is 0.0333 e. The van der Waals surface area contributed by atoms with Crippen molar-refractivity contribution in [3.63, 3.8) is 0 Å². The first-order chi connectivity index (χ1) is 8.20. The molecule has 2 fully saturated rings. The number of hydrogen-bond donors (Lipinski definition) is 1. The Kier molecular flexibility index (Phi) is 3.94. The SMILES string of the molecule is C=CCN1CC2(CCCC2)NCC1(CC)CC. The molecule has 2 heteroatoms. The minimum atomic E-state index is 0.363. The molecule has 0 bridgehead atoms. The molecule has 1 saturated carbocycles. The van der Waals surface area contributed by atoms with Gasteiger partial charge in [0.05, 0.1) is 0 Å². The van der Waals surface area contributed by atoms with Crippen LogP contribution in [0.4, 0.5) is 0 Å². The zero-order valence-electron chi connectivity index (χ0n) is 11.6. The predicted molar refractivity (Wildman–Crippen MR) is 74.3 cm³/mol. The molecule has 0 unspecified atom stereocenters. The molecule has 0 radical (unpaired) electrons. The van der Waals surface area contributed by atoms with Crippen molar-refractivity contribution >= 4 is 0 Å². The monoisotopic (exact) mass is 236 g/mol. The standard InChI is InChI=1S/C15H28N2/c1-4-11-17-13-14(9-7-8-10-14)16-12-15(17,5-2)6-3/h4,16H,1,5-13H2,2-3H3. The topological polar surface area (TPSA) is 15.3 Å². The fourth-order valence-electron chi connectivity index (χ4n) is 3.80. The normalized spacial score (nSPS) is 27.4. The number of hydrogen-bond acceptors (Lipinski definition) is 2. The van der Waals surface area contributed by atoms with E-state index in [2.05, 4.69) is 36.7 Å². The van der Waals surface area contributed by atoms with Crippen LogP contribution in [-0.2, 0) is 0 Å². The molecule has 1 aliphatic heterocycles. The number of rotatable bonds is 4. The summed E-state index contributed by atoms with van der Waals surface area (Å²) < 4.78 is 0. The molecule has 0 aromatic rings. The maximum absolute atomic E-state index is 3.94. The van der Waals surface area contributed by atoms with Gasteiger partial charge in [-0.15, -0.1) is 6.58 Å². The molecule has 1 saturated heterocycles. The van der Waals surface area contributed by atoms with Gasteiger partial charge in [-0.25, -0.2) is 0 Å². The van der Waals surface area contributed by atoms with Crippen LogP contribution in [0.2, 0.25) is 0 Å². The first kappa shape index (κ1) is 13.1. The van der Waals surface area contributed by atoms with E-state index >= 15 is 0 Å². The van der Waals surface area contributed by atoms with Crippen molar-refractivity contribution in [1.29, 1.82) is 0 Å². The second-order valence-corrected chi connectivity index (χ2v) is 5.94. The van der Waals surface area contributed by atoms with Crippen LogP contribution in [-0.4, -0.2) is 35.6 Å². The first-order valence-electron chi connectivity index (χ1n) is 7.31. The lowest BCUT2D eigenvalue weighted by molar-refractivity contribution is 0.00905. The van der Waals surface area contributed by atoms with Crippen molar-refractivity contribution in [2.75, 3.05) is 19.6 Å². The van der Waals surface area contributed by atoms with E-state index in [1.54, 1.807) is 0 Å². The molecule has 1 aliphatic carbocycles. The summed E-state index contributed by atoms with van der Waals surface area (Å²) in [5.41, 5.74) is 0.791. The lowest BCUT2D eigenvalue weighted by atomic mass is 9.82. The average Bonchev–Trinajstić information content (AvgIpc) is 2.80. The van der Waals surface area contributed by atoms with Crippen LogP contribution in [0.15, 0.2) is 12.7 Å². The van der Waals surface area contributed by atoms with Gasteiger partial charge in [0.2, 0.25) is 0 Å². The first-order valence-corrected chi connectivity index (χ1v) is 7.31. The Morgan fingerprint density at radius 3 is 2.41 bits per heavy atom. The highest BCUT2D eigenvalue weighted by atomic mass is 15.3. The Morgan fingerprint density at radius 1 is 1.24 bits per heavy atom. The Bertz CT molecular complexity index is 262. The molecule has 1 N–H and O–H groups in total. The van der Waals surface area contributed by atoms with E-state index in [0.29, 0.717) is 11.1 Å². The van der Waals surface area contributed by atoms with Gasteiger partial charge in [-0.05, 0) is 25.7 Å². The third kappa shape index (κ3) is 2.30. The molecule has 2 nitrogen and oxygen atoms in total. The Balaban J connectivity index is 2.14. The molecule has 98 valence electrons. The summed E-state index contributed by atoms with van der Waals surface area (Å²) in [7, 11) is 0. The van der Waals surface area contributed by atoms with Crippen molar-refractivity contribution in [2.45, 2.75) is 63.5 Å². The smallest absolute Gasteiger partial charge is 0.0333 e. The third-order valence-corrected chi connectivity index (χ3v) is 5.18. The molecule has 0 aromatic heterocycles. The molecule has 17 heavy (non-hydrogen) atoms. The largest absolute Gasteiger partial charge is 0.308 e. The lowest BCUT2D eigenvalue weighted by Gasteiger charge is -2.53. The number of piperazine rings is 1. The highest BCUT2D eigenvalue weighted by molar-refractivity contribution is 5.07. The molecule has 1 heterocycles. The summed E-state index contributed by atoms with van der Waals surface area (Å²) in [4.78, 5) is 2.70. The summed E-state index contributed by atoms with van der Waals surface area (Å²) >= 11 is 0. The van der Waals surface area contributed by atoms with Crippen molar-refractivity contribution in [3.8, 4) is 0 Å². The average molecular weight is 236 g/mol. The van der Waals surface area contributed by atoms with Gasteiger partial charge in [-0.1, -0.05) is 32.8 Å². The van der Waals surface area contributed by atoms with Crippen molar-refractivity contribution < 1.29 is 0 Å². The number of nitrogens with one attached hydrogen (secondary N) is 1. The van der Waals surface area contributed by atoms with Crippen molar-refractivity contribution in [1.82, 2.24) is 10.2 Å².